The number of carbonyl (C=O) groups excluding carboxylic acids is 5. The van der Waals surface area contributed by atoms with E-state index in [0.717, 1.165) is 0 Å². The highest BCUT2D eigenvalue weighted by Crippen LogP contribution is 2.20. The van der Waals surface area contributed by atoms with E-state index in [1.165, 1.54) is 4.90 Å². The molecule has 0 spiro atoms. The molecular weight excluding hydrogens is 582 g/mol. The van der Waals surface area contributed by atoms with E-state index in [2.05, 4.69) is 16.0 Å². The van der Waals surface area contributed by atoms with Crippen LogP contribution in [0.3, 0.4) is 0 Å². The fraction of sp³-hybridized carbons (Fsp3) is 0.786. The largest absolute Gasteiger partial charge is 0.480 e. The quantitative estimate of drug-likeness (QED) is 0.108. The molecule has 0 aromatic heterocycles. The van der Waals surface area contributed by atoms with E-state index in [1.807, 2.05) is 0 Å². The second-order valence-electron chi connectivity index (χ2n) is 11.6. The summed E-state index contributed by atoms with van der Waals surface area (Å²) in [5.74, 6) is -4.19. The summed E-state index contributed by atoms with van der Waals surface area (Å²) in [6, 6.07) is -3.34. The van der Waals surface area contributed by atoms with Gasteiger partial charge in [-0.05, 0) is 39.5 Å². The standard InChI is InChI=1S/C28H49N5O11/c1-18(2)23(26(38)39)32-24(36)20-7-6-10-33(20)25(37)19(17-21(29)34)31-22(35)8-11-41-13-15-43-16-14-42-12-9-30-27(40)44-28(3,4)5/h18-20,23H,6-17H2,1-5H3,(H2,29,34)(H,30,40)(H,31,35)(H,32,36)(H,38,39)/t19-,20-,23-/m0/s1. The average molecular weight is 632 g/mol. The molecule has 252 valence electrons. The normalized spacial score (nSPS) is 16.2. The van der Waals surface area contributed by atoms with Crippen molar-refractivity contribution in [3.8, 4) is 0 Å². The number of carbonyl (C=O) groups is 6. The number of alkyl carbamates (subject to hydrolysis) is 1. The Morgan fingerprint density at radius 2 is 1.52 bits per heavy atom. The number of carboxylic acids is 1. The Balaban J connectivity index is 2.36. The van der Waals surface area contributed by atoms with Gasteiger partial charge in [-0.25, -0.2) is 9.59 Å². The predicted octanol–water partition coefficient (Wildman–Crippen LogP) is -0.472. The molecule has 16 heteroatoms. The van der Waals surface area contributed by atoms with Gasteiger partial charge in [0.1, 0.15) is 23.7 Å². The molecule has 0 radical (unpaired) electrons. The molecule has 16 nitrogen and oxygen atoms in total. The van der Waals surface area contributed by atoms with Crippen LogP contribution in [-0.4, -0.2) is 122 Å². The lowest BCUT2D eigenvalue weighted by Crippen LogP contribution is -2.56. The number of rotatable bonds is 20. The fourth-order valence-corrected chi connectivity index (χ4v) is 4.18. The molecule has 0 aromatic carbocycles. The second kappa shape index (κ2) is 19.7. The molecule has 0 saturated carbocycles. The summed E-state index contributed by atoms with van der Waals surface area (Å²) in [7, 11) is 0. The van der Waals surface area contributed by atoms with Crippen LogP contribution in [-0.2, 0) is 42.9 Å². The minimum atomic E-state index is -1.28. The number of hydrogen-bond donors (Lipinski definition) is 5. The lowest BCUT2D eigenvalue weighted by molar-refractivity contribution is -0.146. The molecule has 0 bridgehead atoms. The first kappa shape index (κ1) is 38.5. The molecule has 5 amide bonds. The van der Waals surface area contributed by atoms with Crippen molar-refractivity contribution in [2.24, 2.45) is 11.7 Å². The van der Waals surface area contributed by atoms with Crippen molar-refractivity contribution < 1.29 is 52.8 Å². The number of likely N-dealkylation sites (tertiary alicyclic amines) is 1. The minimum absolute atomic E-state index is 0.0278. The zero-order chi connectivity index (χ0) is 33.3. The van der Waals surface area contributed by atoms with Crippen molar-refractivity contribution in [2.45, 2.75) is 84.0 Å². The van der Waals surface area contributed by atoms with E-state index < -0.39 is 65.8 Å². The Hall–Kier alpha value is -3.50. The molecule has 44 heavy (non-hydrogen) atoms. The molecule has 1 heterocycles. The fourth-order valence-electron chi connectivity index (χ4n) is 4.18. The number of nitrogens with two attached hydrogens (primary N) is 1. The highest BCUT2D eigenvalue weighted by Gasteiger charge is 2.39. The maximum atomic E-state index is 13.2. The number of nitrogens with one attached hydrogen (secondary N) is 3. The molecular formula is C28H49N5O11. The van der Waals surface area contributed by atoms with Crippen LogP contribution in [0.4, 0.5) is 4.79 Å². The first-order chi connectivity index (χ1) is 20.6. The molecule has 0 aromatic rings. The third kappa shape index (κ3) is 15.8. The van der Waals surface area contributed by atoms with Crippen LogP contribution in [0.15, 0.2) is 0 Å². The van der Waals surface area contributed by atoms with Gasteiger partial charge in [0, 0.05) is 19.5 Å². The van der Waals surface area contributed by atoms with Crippen molar-refractivity contribution in [2.75, 3.05) is 52.7 Å². The monoisotopic (exact) mass is 631 g/mol. The van der Waals surface area contributed by atoms with Crippen LogP contribution in [0.25, 0.3) is 0 Å². The number of aliphatic carboxylic acids is 1. The Kier molecular flexibility index (Phi) is 17.3. The Labute approximate surface area is 258 Å². The number of ether oxygens (including phenoxy) is 4. The number of primary amides is 1. The van der Waals surface area contributed by atoms with Gasteiger partial charge >= 0.3 is 12.1 Å². The van der Waals surface area contributed by atoms with Crippen LogP contribution < -0.4 is 21.7 Å². The van der Waals surface area contributed by atoms with Gasteiger partial charge in [-0.3, -0.25) is 19.2 Å². The SMILES string of the molecule is CC(C)[C@H](NC(=O)[C@@H]1CCCN1C(=O)[C@H](CC(N)=O)NC(=O)CCOCCOCCOCCNC(=O)OC(C)(C)C)C(=O)O. The van der Waals surface area contributed by atoms with Crippen molar-refractivity contribution in [1.29, 1.82) is 0 Å². The Morgan fingerprint density at radius 3 is 2.07 bits per heavy atom. The summed E-state index contributed by atoms with van der Waals surface area (Å²) in [6.45, 7) is 10.5. The van der Waals surface area contributed by atoms with Gasteiger partial charge in [-0.1, -0.05) is 13.8 Å². The highest BCUT2D eigenvalue weighted by molar-refractivity contribution is 5.95. The number of nitrogens with zero attached hydrogens (tertiary/aromatic N) is 1. The number of carboxylic acid groups (broad SMARTS) is 1. The first-order valence-electron chi connectivity index (χ1n) is 14.7. The van der Waals surface area contributed by atoms with E-state index in [1.54, 1.807) is 34.6 Å². The van der Waals surface area contributed by atoms with E-state index in [0.29, 0.717) is 39.2 Å². The van der Waals surface area contributed by atoms with Crippen LogP contribution in [0.1, 0.15) is 60.3 Å². The van der Waals surface area contributed by atoms with Gasteiger partial charge in [0.05, 0.1) is 46.1 Å². The zero-order valence-corrected chi connectivity index (χ0v) is 26.3. The maximum absolute atomic E-state index is 13.2. The summed E-state index contributed by atoms with van der Waals surface area (Å²) in [6.07, 6.45) is -0.278. The summed E-state index contributed by atoms with van der Waals surface area (Å²) in [5, 5.41) is 16.9. The van der Waals surface area contributed by atoms with Crippen molar-refractivity contribution in [3.05, 3.63) is 0 Å². The Morgan fingerprint density at radius 1 is 0.932 bits per heavy atom. The third-order valence-electron chi connectivity index (χ3n) is 6.24. The summed E-state index contributed by atoms with van der Waals surface area (Å²) >= 11 is 0. The van der Waals surface area contributed by atoms with E-state index in [-0.39, 0.29) is 38.7 Å². The highest BCUT2D eigenvalue weighted by atomic mass is 16.6. The second-order valence-corrected chi connectivity index (χ2v) is 11.6. The predicted molar refractivity (Wildman–Crippen MR) is 156 cm³/mol. The molecule has 1 aliphatic heterocycles. The topological polar surface area (TPSA) is 225 Å². The van der Waals surface area contributed by atoms with E-state index in [9.17, 15) is 33.9 Å². The molecule has 1 saturated heterocycles. The molecule has 0 aliphatic carbocycles. The average Bonchev–Trinajstić information content (AvgIpc) is 3.40. The molecule has 3 atom stereocenters. The van der Waals surface area contributed by atoms with Crippen LogP contribution in [0, 0.1) is 5.92 Å². The summed E-state index contributed by atoms with van der Waals surface area (Å²) < 4.78 is 21.2. The van der Waals surface area contributed by atoms with Gasteiger partial charge < -0.3 is 50.6 Å². The van der Waals surface area contributed by atoms with Gasteiger partial charge in [-0.2, -0.15) is 0 Å². The maximum Gasteiger partial charge on any atom is 0.407 e. The van der Waals surface area contributed by atoms with Gasteiger partial charge in [0.25, 0.3) is 0 Å². The lowest BCUT2D eigenvalue weighted by atomic mass is 10.0. The Bertz CT molecular complexity index is 970. The molecule has 1 rings (SSSR count). The van der Waals surface area contributed by atoms with Gasteiger partial charge in [-0.15, -0.1) is 0 Å². The van der Waals surface area contributed by atoms with E-state index in [4.69, 9.17) is 24.7 Å². The zero-order valence-electron chi connectivity index (χ0n) is 26.3. The van der Waals surface area contributed by atoms with Crippen molar-refractivity contribution >= 4 is 35.7 Å². The first-order valence-corrected chi connectivity index (χ1v) is 14.7. The van der Waals surface area contributed by atoms with Crippen LogP contribution in [0.2, 0.25) is 0 Å². The smallest absolute Gasteiger partial charge is 0.407 e. The van der Waals surface area contributed by atoms with Crippen LogP contribution in [0.5, 0.6) is 0 Å². The molecule has 1 fully saturated rings. The third-order valence-corrected chi connectivity index (χ3v) is 6.24. The van der Waals surface area contributed by atoms with Crippen LogP contribution >= 0.6 is 0 Å². The van der Waals surface area contributed by atoms with Crippen molar-refractivity contribution in [1.82, 2.24) is 20.9 Å². The molecule has 1 aliphatic rings. The van der Waals surface area contributed by atoms with Gasteiger partial charge in [0.15, 0.2) is 0 Å². The summed E-state index contributed by atoms with van der Waals surface area (Å²) in [5.41, 5.74) is 4.73. The molecule has 6 N–H and O–H groups in total. The lowest BCUT2D eigenvalue weighted by Gasteiger charge is -2.29. The number of hydrogen-bond acceptors (Lipinski definition) is 10. The summed E-state index contributed by atoms with van der Waals surface area (Å²) in [4.78, 5) is 74.5. The van der Waals surface area contributed by atoms with Crippen molar-refractivity contribution in [3.63, 3.8) is 0 Å². The molecule has 0 unspecified atom stereocenters. The number of amides is 5. The minimum Gasteiger partial charge on any atom is -0.480 e. The van der Waals surface area contributed by atoms with Gasteiger partial charge in [0.2, 0.25) is 23.6 Å². The van der Waals surface area contributed by atoms with E-state index >= 15 is 0 Å².